The van der Waals surface area contributed by atoms with E-state index in [9.17, 15) is 9.18 Å². The van der Waals surface area contributed by atoms with E-state index in [2.05, 4.69) is 4.98 Å². The van der Waals surface area contributed by atoms with Gasteiger partial charge in [-0.05, 0) is 24.4 Å². The zero-order chi connectivity index (χ0) is 16.9. The maximum atomic E-state index is 13.9. The van der Waals surface area contributed by atoms with E-state index in [0.717, 1.165) is 5.82 Å². The molecule has 0 atom stereocenters. The predicted molar refractivity (Wildman–Crippen MR) is 92.5 cm³/mol. The summed E-state index contributed by atoms with van der Waals surface area (Å²) in [7, 11) is 0. The van der Waals surface area contributed by atoms with Gasteiger partial charge in [0.2, 0.25) is 0 Å². The van der Waals surface area contributed by atoms with E-state index >= 15 is 0 Å². The van der Waals surface area contributed by atoms with Gasteiger partial charge in [0, 0.05) is 24.5 Å². The Hall–Kier alpha value is -2.47. The molecular formula is C18H18FN3OS. The third-order valence-corrected chi connectivity index (χ3v) is 4.69. The van der Waals surface area contributed by atoms with Gasteiger partial charge in [0.15, 0.2) is 0 Å². The second-order valence-corrected chi connectivity index (χ2v) is 6.31. The van der Waals surface area contributed by atoms with Crippen LogP contribution in [0.5, 0.6) is 0 Å². The molecular weight excluding hydrogens is 325 g/mol. The van der Waals surface area contributed by atoms with Crippen molar-refractivity contribution in [3.05, 3.63) is 76.3 Å². The summed E-state index contributed by atoms with van der Waals surface area (Å²) in [5.41, 5.74) is 0.601. The number of carbonyl (C=O) groups excluding carboxylic acids is 1. The Kier molecular flexibility index (Phi) is 5.05. The zero-order valence-corrected chi connectivity index (χ0v) is 14.2. The molecule has 2 aromatic heterocycles. The fraction of sp³-hybridized carbons (Fsp3) is 0.222. The first-order valence-electron chi connectivity index (χ1n) is 7.75. The van der Waals surface area contributed by atoms with Crippen LogP contribution in [0.25, 0.3) is 0 Å². The number of hydrogen-bond acceptors (Lipinski definition) is 3. The molecule has 1 amide bonds. The van der Waals surface area contributed by atoms with Gasteiger partial charge >= 0.3 is 0 Å². The van der Waals surface area contributed by atoms with Crippen LogP contribution in [-0.4, -0.2) is 26.9 Å². The van der Waals surface area contributed by atoms with Crippen LogP contribution in [0.4, 0.5) is 4.39 Å². The highest BCUT2D eigenvalue weighted by Crippen LogP contribution is 2.15. The summed E-state index contributed by atoms with van der Waals surface area (Å²) in [5.74, 6) is 0.497. The van der Waals surface area contributed by atoms with Crippen molar-refractivity contribution >= 4 is 17.2 Å². The van der Waals surface area contributed by atoms with E-state index in [1.165, 1.54) is 17.4 Å². The van der Waals surface area contributed by atoms with Crippen molar-refractivity contribution in [2.24, 2.45) is 0 Å². The van der Waals surface area contributed by atoms with Crippen LogP contribution in [0.3, 0.4) is 0 Å². The number of nitrogens with zero attached hydrogens (tertiary/aromatic N) is 3. The van der Waals surface area contributed by atoms with Crippen LogP contribution >= 0.6 is 11.3 Å². The lowest BCUT2D eigenvalue weighted by Crippen LogP contribution is -2.31. The van der Waals surface area contributed by atoms with Gasteiger partial charge < -0.3 is 9.47 Å². The Morgan fingerprint density at radius 3 is 2.83 bits per heavy atom. The Bertz CT molecular complexity index is 813. The third kappa shape index (κ3) is 3.54. The second kappa shape index (κ2) is 7.40. The standard InChI is InChI=1S/C18H18FN3OS/c1-2-21(18(23)16-8-5-11-24-16)13-17-20-9-10-22(17)12-14-6-3-4-7-15(14)19/h3-11H,2,12-13H2,1H3. The van der Waals surface area contributed by atoms with Crippen LogP contribution in [0.1, 0.15) is 28.0 Å². The van der Waals surface area contributed by atoms with Crippen molar-refractivity contribution < 1.29 is 9.18 Å². The monoisotopic (exact) mass is 343 g/mol. The summed E-state index contributed by atoms with van der Waals surface area (Å²) in [6.45, 7) is 3.32. The van der Waals surface area contributed by atoms with E-state index in [1.807, 2.05) is 41.3 Å². The van der Waals surface area contributed by atoms with E-state index in [-0.39, 0.29) is 11.7 Å². The molecule has 0 bridgehead atoms. The molecule has 0 saturated carbocycles. The second-order valence-electron chi connectivity index (χ2n) is 5.36. The largest absolute Gasteiger partial charge is 0.331 e. The molecule has 124 valence electrons. The average molecular weight is 343 g/mol. The van der Waals surface area contributed by atoms with Gasteiger partial charge in [-0.3, -0.25) is 4.79 Å². The van der Waals surface area contributed by atoms with Crippen LogP contribution in [0.2, 0.25) is 0 Å². The molecule has 2 heterocycles. The molecule has 3 aromatic rings. The third-order valence-electron chi connectivity index (χ3n) is 3.83. The minimum Gasteiger partial charge on any atom is -0.331 e. The van der Waals surface area contributed by atoms with Crippen LogP contribution < -0.4 is 0 Å². The van der Waals surface area contributed by atoms with Crippen molar-refractivity contribution in [2.75, 3.05) is 6.54 Å². The Morgan fingerprint density at radius 1 is 1.29 bits per heavy atom. The molecule has 0 saturated heterocycles. The normalized spacial score (nSPS) is 10.8. The Labute approximate surface area is 144 Å². The summed E-state index contributed by atoms with van der Waals surface area (Å²) < 4.78 is 15.7. The van der Waals surface area contributed by atoms with Gasteiger partial charge in [0.1, 0.15) is 11.6 Å². The highest BCUT2D eigenvalue weighted by molar-refractivity contribution is 7.12. The van der Waals surface area contributed by atoms with Gasteiger partial charge in [0.05, 0.1) is 18.0 Å². The van der Waals surface area contributed by atoms with Crippen molar-refractivity contribution in [2.45, 2.75) is 20.0 Å². The summed E-state index contributed by atoms with van der Waals surface area (Å²) in [5, 5.41) is 1.89. The SMILES string of the molecule is CCN(Cc1nccn1Cc1ccccc1F)C(=O)c1cccs1. The first-order chi connectivity index (χ1) is 11.7. The lowest BCUT2D eigenvalue weighted by atomic mass is 10.2. The number of amides is 1. The minimum atomic E-state index is -0.237. The number of rotatable bonds is 6. The lowest BCUT2D eigenvalue weighted by molar-refractivity contribution is 0.0752. The Balaban J connectivity index is 1.77. The zero-order valence-electron chi connectivity index (χ0n) is 13.4. The lowest BCUT2D eigenvalue weighted by Gasteiger charge is -2.20. The maximum absolute atomic E-state index is 13.9. The van der Waals surface area contributed by atoms with Gasteiger partial charge in [0.25, 0.3) is 5.91 Å². The molecule has 0 aliphatic rings. The van der Waals surface area contributed by atoms with Crippen molar-refractivity contribution in [1.82, 2.24) is 14.5 Å². The van der Waals surface area contributed by atoms with E-state index in [4.69, 9.17) is 0 Å². The predicted octanol–water partition coefficient (Wildman–Crippen LogP) is 3.79. The summed E-state index contributed by atoms with van der Waals surface area (Å²) >= 11 is 1.43. The highest BCUT2D eigenvalue weighted by Gasteiger charge is 2.18. The average Bonchev–Trinajstić information content (AvgIpc) is 3.26. The number of imidazole rings is 1. The van der Waals surface area contributed by atoms with Crippen LogP contribution in [0.15, 0.2) is 54.2 Å². The summed E-state index contributed by atoms with van der Waals surface area (Å²) in [6.07, 6.45) is 3.49. The van der Waals surface area contributed by atoms with Crippen molar-refractivity contribution in [3.63, 3.8) is 0 Å². The van der Waals surface area contributed by atoms with Crippen molar-refractivity contribution in [1.29, 1.82) is 0 Å². The first kappa shape index (κ1) is 16.4. The van der Waals surface area contributed by atoms with Crippen LogP contribution in [-0.2, 0) is 13.1 Å². The Morgan fingerprint density at radius 2 is 2.12 bits per heavy atom. The van der Waals surface area contributed by atoms with E-state index < -0.39 is 0 Å². The number of benzene rings is 1. The van der Waals surface area contributed by atoms with E-state index in [0.29, 0.717) is 30.1 Å². The van der Waals surface area contributed by atoms with E-state index in [1.54, 1.807) is 23.2 Å². The summed E-state index contributed by atoms with van der Waals surface area (Å²) in [6, 6.07) is 10.4. The summed E-state index contributed by atoms with van der Waals surface area (Å²) in [4.78, 5) is 19.3. The van der Waals surface area contributed by atoms with Gasteiger partial charge in [-0.1, -0.05) is 24.3 Å². The van der Waals surface area contributed by atoms with Gasteiger partial charge in [-0.25, -0.2) is 9.37 Å². The molecule has 0 aliphatic carbocycles. The molecule has 1 aromatic carbocycles. The van der Waals surface area contributed by atoms with Gasteiger partial charge in [-0.15, -0.1) is 11.3 Å². The topological polar surface area (TPSA) is 38.1 Å². The number of thiophene rings is 1. The molecule has 3 rings (SSSR count). The molecule has 6 heteroatoms. The number of carbonyl (C=O) groups is 1. The van der Waals surface area contributed by atoms with Crippen LogP contribution in [0, 0.1) is 5.82 Å². The first-order valence-corrected chi connectivity index (χ1v) is 8.63. The number of hydrogen-bond donors (Lipinski definition) is 0. The maximum Gasteiger partial charge on any atom is 0.264 e. The number of halogens is 1. The number of aromatic nitrogens is 2. The molecule has 0 radical (unpaired) electrons. The fourth-order valence-corrected chi connectivity index (χ4v) is 3.19. The quantitative estimate of drug-likeness (QED) is 0.683. The fourth-order valence-electron chi connectivity index (χ4n) is 2.50. The molecule has 0 unspecified atom stereocenters. The molecule has 0 spiro atoms. The van der Waals surface area contributed by atoms with Gasteiger partial charge in [-0.2, -0.15) is 0 Å². The molecule has 24 heavy (non-hydrogen) atoms. The van der Waals surface area contributed by atoms with Crippen molar-refractivity contribution in [3.8, 4) is 0 Å². The molecule has 0 fully saturated rings. The molecule has 4 nitrogen and oxygen atoms in total. The highest BCUT2D eigenvalue weighted by atomic mass is 32.1. The molecule has 0 aliphatic heterocycles. The molecule has 0 N–H and O–H groups in total. The smallest absolute Gasteiger partial charge is 0.264 e. The minimum absolute atomic E-state index is 0.00654.